The summed E-state index contributed by atoms with van der Waals surface area (Å²) in [6.07, 6.45) is 2.36. The normalized spacial score (nSPS) is 18.5. The molecule has 6 heteroatoms. The molecule has 110 valence electrons. The van der Waals surface area contributed by atoms with Crippen LogP contribution in [0.5, 0.6) is 0 Å². The molecule has 1 aromatic rings. The molecule has 2 nitrogen and oxygen atoms in total. The molecule has 1 aliphatic rings. The molecule has 0 saturated carbocycles. The smallest absolute Gasteiger partial charge is 0.161 e. The van der Waals surface area contributed by atoms with E-state index >= 15 is 0 Å². The van der Waals surface area contributed by atoms with Crippen LogP contribution in [-0.4, -0.2) is 17.0 Å². The topological polar surface area (TPSA) is 24.4 Å². The summed E-state index contributed by atoms with van der Waals surface area (Å²) in [7, 11) is 0. The van der Waals surface area contributed by atoms with E-state index in [1.54, 1.807) is 23.9 Å². The van der Waals surface area contributed by atoms with Crippen molar-refractivity contribution in [2.75, 3.05) is 11.9 Å². The lowest BCUT2D eigenvalue weighted by Gasteiger charge is -2.19. The van der Waals surface area contributed by atoms with E-state index in [4.69, 9.17) is 34.8 Å². The highest BCUT2D eigenvalue weighted by Crippen LogP contribution is 2.37. The molecule has 2 rings (SSSR count). The summed E-state index contributed by atoms with van der Waals surface area (Å²) in [5.41, 5.74) is 0.675. The lowest BCUT2D eigenvalue weighted by molar-refractivity contribution is 0.479. The molecule has 0 spiro atoms. The molecule has 0 aliphatic carbocycles. The fourth-order valence-corrected chi connectivity index (χ4v) is 4.52. The number of nitrogens with zero attached hydrogens (tertiary/aromatic N) is 1. The Morgan fingerprint density at radius 3 is 2.40 bits per heavy atom. The van der Waals surface area contributed by atoms with Gasteiger partial charge in [0.1, 0.15) is 0 Å². The number of benzene rings is 1. The number of amidine groups is 1. The standard InChI is InChI=1S/C14H17Cl3N2S/c1-3-8(4-2)12-7-18-14(20-12)19-13-10(16)5-9(15)6-11(13)17/h5-6,8,12H,3-4,7H2,1-2H3,(H,18,19). The lowest BCUT2D eigenvalue weighted by atomic mass is 9.99. The van der Waals surface area contributed by atoms with Crippen molar-refractivity contribution in [2.24, 2.45) is 10.9 Å². The molecule has 1 aliphatic heterocycles. The van der Waals surface area contributed by atoms with E-state index in [9.17, 15) is 0 Å². The molecular weight excluding hydrogens is 335 g/mol. The largest absolute Gasteiger partial charge is 0.333 e. The van der Waals surface area contributed by atoms with Crippen molar-refractivity contribution in [1.82, 2.24) is 0 Å². The second kappa shape index (κ2) is 7.26. The number of anilines is 1. The van der Waals surface area contributed by atoms with Gasteiger partial charge in [0.05, 0.1) is 22.3 Å². The van der Waals surface area contributed by atoms with Crippen LogP contribution in [0.15, 0.2) is 17.1 Å². The Morgan fingerprint density at radius 2 is 1.85 bits per heavy atom. The summed E-state index contributed by atoms with van der Waals surface area (Å²) >= 11 is 20.0. The van der Waals surface area contributed by atoms with Gasteiger partial charge in [-0.05, 0) is 18.1 Å². The average Bonchev–Trinajstić information content (AvgIpc) is 2.84. The number of rotatable bonds is 4. The van der Waals surface area contributed by atoms with Gasteiger partial charge in [-0.15, -0.1) is 0 Å². The third-order valence-corrected chi connectivity index (χ3v) is 5.60. The first-order chi connectivity index (χ1) is 9.55. The molecule has 0 bridgehead atoms. The molecule has 1 aromatic carbocycles. The van der Waals surface area contributed by atoms with Crippen LogP contribution in [0.25, 0.3) is 0 Å². The minimum Gasteiger partial charge on any atom is -0.333 e. The van der Waals surface area contributed by atoms with Crippen LogP contribution in [0.3, 0.4) is 0 Å². The number of hydrogen-bond acceptors (Lipinski definition) is 3. The van der Waals surface area contributed by atoms with Crippen molar-refractivity contribution in [3.8, 4) is 0 Å². The van der Waals surface area contributed by atoms with Gasteiger partial charge in [0.25, 0.3) is 0 Å². The van der Waals surface area contributed by atoms with Crippen molar-refractivity contribution >= 4 is 57.4 Å². The van der Waals surface area contributed by atoms with Crippen molar-refractivity contribution in [2.45, 2.75) is 31.9 Å². The zero-order valence-corrected chi connectivity index (χ0v) is 14.5. The predicted molar refractivity (Wildman–Crippen MR) is 92.8 cm³/mol. The van der Waals surface area contributed by atoms with E-state index in [-0.39, 0.29) is 0 Å². The highest BCUT2D eigenvalue weighted by Gasteiger charge is 2.26. The average molecular weight is 352 g/mol. The highest BCUT2D eigenvalue weighted by molar-refractivity contribution is 8.15. The Balaban J connectivity index is 2.06. The van der Waals surface area contributed by atoms with E-state index in [1.807, 2.05) is 0 Å². The Kier molecular flexibility index (Phi) is 5.91. The Morgan fingerprint density at radius 1 is 1.25 bits per heavy atom. The van der Waals surface area contributed by atoms with E-state index in [0.717, 1.165) is 11.7 Å². The van der Waals surface area contributed by atoms with Crippen LogP contribution in [-0.2, 0) is 0 Å². The molecule has 0 aromatic heterocycles. The maximum atomic E-state index is 6.17. The van der Waals surface area contributed by atoms with Gasteiger partial charge < -0.3 is 5.32 Å². The Hall–Kier alpha value is -0.0900. The maximum Gasteiger partial charge on any atom is 0.161 e. The molecule has 1 unspecified atom stereocenters. The van der Waals surface area contributed by atoms with E-state index in [0.29, 0.717) is 31.9 Å². The molecule has 1 N–H and O–H groups in total. The summed E-state index contributed by atoms with van der Waals surface area (Å²) in [6.45, 7) is 5.31. The summed E-state index contributed by atoms with van der Waals surface area (Å²) in [5.74, 6) is 0.694. The summed E-state index contributed by atoms with van der Waals surface area (Å²) in [4.78, 5) is 4.55. The van der Waals surface area contributed by atoms with Gasteiger partial charge in [0.2, 0.25) is 0 Å². The van der Waals surface area contributed by atoms with Gasteiger partial charge in [0, 0.05) is 10.3 Å². The monoisotopic (exact) mass is 350 g/mol. The third-order valence-electron chi connectivity index (χ3n) is 3.49. The second-order valence-electron chi connectivity index (χ2n) is 4.75. The predicted octanol–water partition coefficient (Wildman–Crippen LogP) is 5.97. The van der Waals surface area contributed by atoms with Crippen LogP contribution in [0.4, 0.5) is 5.69 Å². The van der Waals surface area contributed by atoms with E-state index < -0.39 is 0 Å². The van der Waals surface area contributed by atoms with Crippen LogP contribution in [0, 0.1) is 5.92 Å². The minimum absolute atomic E-state index is 0.511. The molecule has 0 saturated heterocycles. The molecule has 0 radical (unpaired) electrons. The molecule has 1 atom stereocenters. The fourth-order valence-electron chi connectivity index (χ4n) is 2.29. The van der Waals surface area contributed by atoms with Crippen molar-refractivity contribution < 1.29 is 0 Å². The van der Waals surface area contributed by atoms with Crippen molar-refractivity contribution in [3.63, 3.8) is 0 Å². The first kappa shape index (κ1) is 16.3. The second-order valence-corrected chi connectivity index (χ2v) is 7.23. The molecule has 0 fully saturated rings. The zero-order chi connectivity index (χ0) is 14.7. The van der Waals surface area contributed by atoms with Crippen LogP contribution < -0.4 is 5.32 Å². The Bertz CT molecular complexity index is 492. The number of aliphatic imine (C=N–C) groups is 1. The van der Waals surface area contributed by atoms with Gasteiger partial charge in [-0.25, -0.2) is 0 Å². The first-order valence-corrected chi connectivity index (χ1v) is 8.69. The molecular formula is C14H17Cl3N2S. The van der Waals surface area contributed by atoms with Gasteiger partial charge in [-0.3, -0.25) is 4.99 Å². The summed E-state index contributed by atoms with van der Waals surface area (Å²) in [6, 6.07) is 3.35. The van der Waals surface area contributed by atoms with Crippen molar-refractivity contribution in [3.05, 3.63) is 27.2 Å². The number of halogens is 3. The van der Waals surface area contributed by atoms with Gasteiger partial charge in [0.15, 0.2) is 5.17 Å². The highest BCUT2D eigenvalue weighted by atomic mass is 35.5. The van der Waals surface area contributed by atoms with Gasteiger partial charge in [-0.2, -0.15) is 0 Å². The van der Waals surface area contributed by atoms with Crippen LogP contribution in [0.1, 0.15) is 26.7 Å². The quantitative estimate of drug-likeness (QED) is 0.723. The Labute approximate surface area is 139 Å². The van der Waals surface area contributed by atoms with Crippen molar-refractivity contribution in [1.29, 1.82) is 0 Å². The molecule has 1 heterocycles. The number of hydrogen-bond donors (Lipinski definition) is 1. The zero-order valence-electron chi connectivity index (χ0n) is 11.4. The minimum atomic E-state index is 0.511. The van der Waals surface area contributed by atoms with E-state index in [1.165, 1.54) is 12.8 Å². The summed E-state index contributed by atoms with van der Waals surface area (Å²) in [5, 5.41) is 6.20. The molecule has 20 heavy (non-hydrogen) atoms. The van der Waals surface area contributed by atoms with Crippen LogP contribution >= 0.6 is 46.6 Å². The molecule has 0 amide bonds. The summed E-state index contributed by atoms with van der Waals surface area (Å²) < 4.78 is 0. The number of thioether (sulfide) groups is 1. The number of nitrogens with one attached hydrogen (secondary N) is 1. The first-order valence-electron chi connectivity index (χ1n) is 6.67. The maximum absolute atomic E-state index is 6.17. The fraction of sp³-hybridized carbons (Fsp3) is 0.500. The van der Waals surface area contributed by atoms with Crippen LogP contribution in [0.2, 0.25) is 15.1 Å². The lowest BCUT2D eigenvalue weighted by Crippen LogP contribution is -2.17. The van der Waals surface area contributed by atoms with Gasteiger partial charge >= 0.3 is 0 Å². The third kappa shape index (κ3) is 3.76. The SMILES string of the molecule is CCC(CC)C1CN=C(Nc2c(Cl)cc(Cl)cc2Cl)S1. The van der Waals surface area contributed by atoms with E-state index in [2.05, 4.69) is 24.2 Å². The van der Waals surface area contributed by atoms with Gasteiger partial charge in [-0.1, -0.05) is 73.3 Å².